The van der Waals surface area contributed by atoms with Crippen molar-refractivity contribution < 1.29 is 9.84 Å². The van der Waals surface area contributed by atoms with Gasteiger partial charge in [-0.1, -0.05) is 0 Å². The fraction of sp³-hybridized carbons (Fsp3) is 0.250. The Morgan fingerprint density at radius 2 is 2.36 bits per heavy atom. The molecule has 1 radical (unpaired) electrons. The number of phenolic OH excluding ortho intramolecular Hbond substituents is 1. The van der Waals surface area contributed by atoms with Crippen molar-refractivity contribution in [2.75, 3.05) is 6.61 Å². The SMILES string of the molecule is CCOc1c[c]cc(Br)c1O. The number of halogens is 1. The zero-order chi connectivity index (χ0) is 8.27. The lowest BCUT2D eigenvalue weighted by Gasteiger charge is -2.05. The third kappa shape index (κ3) is 1.87. The van der Waals surface area contributed by atoms with E-state index >= 15 is 0 Å². The Labute approximate surface area is 73.9 Å². The van der Waals surface area contributed by atoms with Crippen LogP contribution in [0.1, 0.15) is 6.92 Å². The predicted molar refractivity (Wildman–Crippen MR) is 45.8 cm³/mol. The molecule has 0 unspecified atom stereocenters. The standard InChI is InChI=1S/C8H8BrO2/c1-2-11-7-5-3-4-6(9)8(7)10/h4-5,10H,2H2,1H3. The number of hydrogen-bond acceptors (Lipinski definition) is 2. The Morgan fingerprint density at radius 1 is 1.64 bits per heavy atom. The Kier molecular flexibility index (Phi) is 2.76. The maximum atomic E-state index is 9.34. The molecule has 1 aromatic carbocycles. The molecule has 0 heterocycles. The van der Waals surface area contributed by atoms with Crippen LogP contribution < -0.4 is 4.74 Å². The molecule has 1 rings (SSSR count). The molecule has 0 spiro atoms. The van der Waals surface area contributed by atoms with Crippen molar-refractivity contribution in [3.05, 3.63) is 22.7 Å². The van der Waals surface area contributed by atoms with Crippen LogP contribution in [0.25, 0.3) is 0 Å². The molecule has 0 bridgehead atoms. The van der Waals surface area contributed by atoms with E-state index in [2.05, 4.69) is 22.0 Å². The second-order valence-electron chi connectivity index (χ2n) is 1.95. The summed E-state index contributed by atoms with van der Waals surface area (Å²) in [6.45, 7) is 2.40. The van der Waals surface area contributed by atoms with E-state index in [1.165, 1.54) is 0 Å². The maximum absolute atomic E-state index is 9.34. The monoisotopic (exact) mass is 215 g/mol. The largest absolute Gasteiger partial charge is 0.503 e. The van der Waals surface area contributed by atoms with E-state index in [0.717, 1.165) is 0 Å². The van der Waals surface area contributed by atoms with E-state index in [1.54, 1.807) is 12.1 Å². The smallest absolute Gasteiger partial charge is 0.172 e. The fourth-order valence-electron chi connectivity index (χ4n) is 0.710. The van der Waals surface area contributed by atoms with Crippen molar-refractivity contribution in [2.45, 2.75) is 6.92 Å². The van der Waals surface area contributed by atoms with E-state index < -0.39 is 0 Å². The summed E-state index contributed by atoms with van der Waals surface area (Å²) in [4.78, 5) is 0. The number of hydrogen-bond donors (Lipinski definition) is 1. The average molecular weight is 216 g/mol. The first kappa shape index (κ1) is 8.40. The Hall–Kier alpha value is -0.700. The quantitative estimate of drug-likeness (QED) is 0.822. The van der Waals surface area contributed by atoms with Gasteiger partial charge < -0.3 is 9.84 Å². The second-order valence-corrected chi connectivity index (χ2v) is 2.80. The van der Waals surface area contributed by atoms with E-state index in [4.69, 9.17) is 4.74 Å². The molecule has 0 saturated heterocycles. The van der Waals surface area contributed by atoms with E-state index in [0.29, 0.717) is 16.8 Å². The van der Waals surface area contributed by atoms with Crippen LogP contribution in [0.5, 0.6) is 11.5 Å². The molecular weight excluding hydrogens is 208 g/mol. The number of benzene rings is 1. The first-order chi connectivity index (χ1) is 5.25. The van der Waals surface area contributed by atoms with Crippen LogP contribution in [0.2, 0.25) is 0 Å². The molecular formula is C8H8BrO2. The van der Waals surface area contributed by atoms with Crippen molar-refractivity contribution >= 4 is 15.9 Å². The molecule has 0 atom stereocenters. The summed E-state index contributed by atoms with van der Waals surface area (Å²) < 4.78 is 5.71. The molecule has 0 aliphatic carbocycles. The Balaban J connectivity index is 2.96. The van der Waals surface area contributed by atoms with Crippen molar-refractivity contribution in [3.63, 3.8) is 0 Å². The Bertz CT molecular complexity index is 248. The minimum absolute atomic E-state index is 0.130. The first-order valence-electron chi connectivity index (χ1n) is 3.27. The summed E-state index contributed by atoms with van der Waals surface area (Å²) in [6.07, 6.45) is 0. The summed E-state index contributed by atoms with van der Waals surface area (Å²) in [5.41, 5.74) is 0. The normalized spacial score (nSPS) is 9.64. The molecule has 2 nitrogen and oxygen atoms in total. The molecule has 0 aliphatic rings. The number of phenols is 1. The highest BCUT2D eigenvalue weighted by Gasteiger charge is 2.03. The summed E-state index contributed by atoms with van der Waals surface area (Å²) in [6, 6.07) is 6.06. The molecule has 3 heteroatoms. The third-order valence-electron chi connectivity index (χ3n) is 1.18. The number of rotatable bonds is 2. The molecule has 59 valence electrons. The van der Waals surface area contributed by atoms with Crippen molar-refractivity contribution in [2.24, 2.45) is 0 Å². The van der Waals surface area contributed by atoms with Crippen molar-refractivity contribution in [1.82, 2.24) is 0 Å². The summed E-state index contributed by atoms with van der Waals surface area (Å²) in [7, 11) is 0. The molecule has 1 N–H and O–H groups in total. The van der Waals surface area contributed by atoms with Gasteiger partial charge in [-0.3, -0.25) is 0 Å². The topological polar surface area (TPSA) is 29.5 Å². The van der Waals surface area contributed by atoms with Crippen LogP contribution in [-0.4, -0.2) is 11.7 Å². The van der Waals surface area contributed by atoms with Crippen molar-refractivity contribution in [3.8, 4) is 11.5 Å². The number of ether oxygens (including phenoxy) is 1. The maximum Gasteiger partial charge on any atom is 0.172 e. The van der Waals surface area contributed by atoms with E-state index in [9.17, 15) is 5.11 Å². The van der Waals surface area contributed by atoms with Gasteiger partial charge in [0.2, 0.25) is 0 Å². The molecule has 1 aromatic rings. The average Bonchev–Trinajstić information content (AvgIpc) is 1.99. The van der Waals surface area contributed by atoms with Crippen LogP contribution in [-0.2, 0) is 0 Å². The zero-order valence-corrected chi connectivity index (χ0v) is 7.68. The van der Waals surface area contributed by atoms with Crippen LogP contribution >= 0.6 is 15.9 Å². The van der Waals surface area contributed by atoms with Crippen molar-refractivity contribution in [1.29, 1.82) is 0 Å². The highest BCUT2D eigenvalue weighted by atomic mass is 79.9. The van der Waals surface area contributed by atoms with Crippen LogP contribution in [0.4, 0.5) is 0 Å². The first-order valence-corrected chi connectivity index (χ1v) is 4.06. The lowest BCUT2D eigenvalue weighted by molar-refractivity contribution is 0.317. The van der Waals surface area contributed by atoms with Crippen LogP contribution in [0.15, 0.2) is 16.6 Å². The molecule has 0 aromatic heterocycles. The lowest BCUT2D eigenvalue weighted by atomic mass is 10.3. The van der Waals surface area contributed by atoms with Gasteiger partial charge in [0, 0.05) is 0 Å². The number of aromatic hydroxyl groups is 1. The molecule has 0 aliphatic heterocycles. The molecule has 0 fully saturated rings. The zero-order valence-electron chi connectivity index (χ0n) is 6.10. The minimum atomic E-state index is 0.130. The third-order valence-corrected chi connectivity index (χ3v) is 1.79. The van der Waals surface area contributed by atoms with Gasteiger partial charge in [-0.2, -0.15) is 0 Å². The lowest BCUT2D eigenvalue weighted by Crippen LogP contribution is -1.91. The van der Waals surface area contributed by atoms with Gasteiger partial charge in [-0.15, -0.1) is 0 Å². The highest BCUT2D eigenvalue weighted by molar-refractivity contribution is 9.10. The summed E-state index contributed by atoms with van der Waals surface area (Å²) in [5, 5.41) is 9.34. The van der Waals surface area contributed by atoms with E-state index in [-0.39, 0.29) is 5.75 Å². The van der Waals surface area contributed by atoms with Gasteiger partial charge in [-0.25, -0.2) is 0 Å². The Morgan fingerprint density at radius 3 is 3.00 bits per heavy atom. The van der Waals surface area contributed by atoms with E-state index in [1.807, 2.05) is 6.92 Å². The molecule has 0 amide bonds. The molecule has 11 heavy (non-hydrogen) atoms. The van der Waals surface area contributed by atoms with Gasteiger partial charge in [0.1, 0.15) is 0 Å². The van der Waals surface area contributed by atoms with Crippen LogP contribution in [0, 0.1) is 6.07 Å². The predicted octanol–water partition coefficient (Wildman–Crippen LogP) is 2.35. The second kappa shape index (κ2) is 3.62. The highest BCUT2D eigenvalue weighted by Crippen LogP contribution is 2.32. The van der Waals surface area contributed by atoms with Crippen LogP contribution in [0.3, 0.4) is 0 Å². The summed E-state index contributed by atoms with van der Waals surface area (Å²) >= 11 is 3.15. The van der Waals surface area contributed by atoms with Gasteiger partial charge in [0.25, 0.3) is 0 Å². The fourth-order valence-corrected chi connectivity index (χ4v) is 1.04. The minimum Gasteiger partial charge on any atom is -0.503 e. The summed E-state index contributed by atoms with van der Waals surface area (Å²) in [5.74, 6) is 0.590. The molecule has 0 saturated carbocycles. The van der Waals surface area contributed by atoms with Gasteiger partial charge >= 0.3 is 0 Å². The van der Waals surface area contributed by atoms with Gasteiger partial charge in [-0.05, 0) is 41.1 Å². The van der Waals surface area contributed by atoms with Gasteiger partial charge in [0.05, 0.1) is 11.1 Å². The van der Waals surface area contributed by atoms with Gasteiger partial charge in [0.15, 0.2) is 11.5 Å².